The third-order valence-electron chi connectivity index (χ3n) is 2.29. The van der Waals surface area contributed by atoms with Gasteiger partial charge in [0.05, 0.1) is 11.2 Å². The summed E-state index contributed by atoms with van der Waals surface area (Å²) in [6, 6.07) is 2.18. The molecule has 2 nitrogen and oxygen atoms in total. The number of aryl methyl sites for hydroxylation is 1. The number of thiazole rings is 1. The van der Waals surface area contributed by atoms with Crippen molar-refractivity contribution in [2.24, 2.45) is 0 Å². The molecule has 0 saturated carbocycles. The second-order valence-corrected chi connectivity index (χ2v) is 5.15. The maximum absolute atomic E-state index is 4.23. The van der Waals surface area contributed by atoms with Crippen LogP contribution in [0.1, 0.15) is 16.1 Å². The predicted octanol–water partition coefficient (Wildman–Crippen LogP) is 2.85. The molecular weight excluding hydrogens is 224 g/mol. The van der Waals surface area contributed by atoms with Crippen LogP contribution in [0.4, 0.5) is 0 Å². The molecule has 0 spiro atoms. The second-order valence-electron chi connectivity index (χ2n) is 3.43. The zero-order valence-corrected chi connectivity index (χ0v) is 10.3. The summed E-state index contributed by atoms with van der Waals surface area (Å²) in [6.45, 7) is 4.08. The quantitative estimate of drug-likeness (QED) is 0.810. The van der Waals surface area contributed by atoms with Gasteiger partial charge in [-0.25, -0.2) is 4.98 Å². The summed E-state index contributed by atoms with van der Waals surface area (Å²) in [5, 5.41) is 7.65. The van der Waals surface area contributed by atoms with Crippen LogP contribution in [0, 0.1) is 6.92 Å². The van der Waals surface area contributed by atoms with Gasteiger partial charge in [-0.2, -0.15) is 0 Å². The highest BCUT2D eigenvalue weighted by Crippen LogP contribution is 2.15. The van der Waals surface area contributed by atoms with Gasteiger partial charge in [0.15, 0.2) is 0 Å². The Morgan fingerprint density at radius 3 is 3.07 bits per heavy atom. The first-order valence-electron chi connectivity index (χ1n) is 4.97. The highest BCUT2D eigenvalue weighted by atomic mass is 32.1. The molecule has 0 bridgehead atoms. The van der Waals surface area contributed by atoms with E-state index in [-0.39, 0.29) is 0 Å². The van der Waals surface area contributed by atoms with Gasteiger partial charge in [0.1, 0.15) is 0 Å². The molecule has 1 N–H and O–H groups in total. The third-order valence-corrected chi connectivity index (χ3v) is 4.00. The number of nitrogens with one attached hydrogen (secondary N) is 1. The monoisotopic (exact) mass is 238 g/mol. The Labute approximate surface area is 98.0 Å². The van der Waals surface area contributed by atoms with Gasteiger partial charge in [0.2, 0.25) is 0 Å². The van der Waals surface area contributed by atoms with Crippen molar-refractivity contribution in [3.05, 3.63) is 38.5 Å². The van der Waals surface area contributed by atoms with Crippen molar-refractivity contribution in [1.29, 1.82) is 0 Å². The number of rotatable bonds is 5. The van der Waals surface area contributed by atoms with E-state index in [1.54, 1.807) is 11.3 Å². The standard InChI is InChI=1S/C11H14N2S2/c1-9-3-5-15-11(9)2-4-12-6-10-7-14-8-13-10/h3,5,7-8,12H,2,4,6H2,1H3. The van der Waals surface area contributed by atoms with Crippen LogP contribution in [0.15, 0.2) is 22.3 Å². The summed E-state index contributed by atoms with van der Waals surface area (Å²) >= 11 is 3.49. The average molecular weight is 238 g/mol. The lowest BCUT2D eigenvalue weighted by molar-refractivity contribution is 0.680. The summed E-state index contributed by atoms with van der Waals surface area (Å²) in [4.78, 5) is 5.71. The Kier molecular flexibility index (Phi) is 3.88. The van der Waals surface area contributed by atoms with Crippen LogP contribution in [0.2, 0.25) is 0 Å². The second kappa shape index (κ2) is 5.39. The van der Waals surface area contributed by atoms with E-state index in [4.69, 9.17) is 0 Å². The van der Waals surface area contributed by atoms with Crippen LogP contribution in [-0.2, 0) is 13.0 Å². The Bertz CT molecular complexity index is 392. The molecule has 0 amide bonds. The zero-order chi connectivity index (χ0) is 10.5. The smallest absolute Gasteiger partial charge is 0.0795 e. The molecule has 0 unspecified atom stereocenters. The number of hydrogen-bond acceptors (Lipinski definition) is 4. The highest BCUT2D eigenvalue weighted by Gasteiger charge is 1.99. The van der Waals surface area contributed by atoms with Gasteiger partial charge < -0.3 is 5.32 Å². The molecule has 4 heteroatoms. The Morgan fingerprint density at radius 1 is 1.47 bits per heavy atom. The maximum Gasteiger partial charge on any atom is 0.0795 e. The van der Waals surface area contributed by atoms with Crippen molar-refractivity contribution < 1.29 is 0 Å². The Hall–Kier alpha value is -0.710. The predicted molar refractivity (Wildman–Crippen MR) is 66.6 cm³/mol. The Balaban J connectivity index is 1.70. The van der Waals surface area contributed by atoms with Crippen LogP contribution in [0.5, 0.6) is 0 Å². The van der Waals surface area contributed by atoms with E-state index in [2.05, 4.69) is 34.1 Å². The zero-order valence-electron chi connectivity index (χ0n) is 8.69. The van der Waals surface area contributed by atoms with Crippen LogP contribution in [-0.4, -0.2) is 11.5 Å². The number of thiophene rings is 1. The van der Waals surface area contributed by atoms with Gasteiger partial charge in [0.25, 0.3) is 0 Å². The molecule has 0 aliphatic carbocycles. The third kappa shape index (κ3) is 3.12. The van der Waals surface area contributed by atoms with Crippen LogP contribution >= 0.6 is 22.7 Å². The molecule has 0 aromatic carbocycles. The Morgan fingerprint density at radius 2 is 2.40 bits per heavy atom. The molecule has 0 radical (unpaired) electrons. The van der Waals surface area contributed by atoms with Crippen molar-refractivity contribution >= 4 is 22.7 Å². The van der Waals surface area contributed by atoms with E-state index >= 15 is 0 Å². The van der Waals surface area contributed by atoms with E-state index in [0.29, 0.717) is 0 Å². The van der Waals surface area contributed by atoms with Gasteiger partial charge in [-0.05, 0) is 30.4 Å². The molecule has 0 aliphatic heterocycles. The normalized spacial score (nSPS) is 10.7. The van der Waals surface area contributed by atoms with Gasteiger partial charge in [0, 0.05) is 23.3 Å². The minimum atomic E-state index is 0.883. The summed E-state index contributed by atoms with van der Waals surface area (Å²) in [6.07, 6.45) is 1.12. The molecule has 2 aromatic heterocycles. The van der Waals surface area contributed by atoms with E-state index in [1.807, 2.05) is 16.8 Å². The molecular formula is C11H14N2S2. The van der Waals surface area contributed by atoms with Gasteiger partial charge in [-0.1, -0.05) is 0 Å². The fraction of sp³-hybridized carbons (Fsp3) is 0.364. The minimum absolute atomic E-state index is 0.883. The molecule has 0 saturated heterocycles. The van der Waals surface area contributed by atoms with Gasteiger partial charge in [-0.3, -0.25) is 0 Å². The summed E-state index contributed by atoms with van der Waals surface area (Å²) in [7, 11) is 0. The maximum atomic E-state index is 4.23. The highest BCUT2D eigenvalue weighted by molar-refractivity contribution is 7.10. The average Bonchev–Trinajstić information content (AvgIpc) is 2.85. The first-order valence-corrected chi connectivity index (χ1v) is 6.79. The van der Waals surface area contributed by atoms with Crippen LogP contribution < -0.4 is 5.32 Å². The molecule has 0 fully saturated rings. The first kappa shape index (κ1) is 10.8. The van der Waals surface area contributed by atoms with Crippen molar-refractivity contribution in [2.45, 2.75) is 19.9 Å². The molecule has 0 aliphatic rings. The van der Waals surface area contributed by atoms with Gasteiger partial charge >= 0.3 is 0 Å². The lowest BCUT2D eigenvalue weighted by Crippen LogP contribution is -2.16. The SMILES string of the molecule is Cc1ccsc1CCNCc1cscn1. The lowest BCUT2D eigenvalue weighted by atomic mass is 10.2. The minimum Gasteiger partial charge on any atom is -0.311 e. The van der Waals surface area contributed by atoms with E-state index < -0.39 is 0 Å². The molecule has 80 valence electrons. The summed E-state index contributed by atoms with van der Waals surface area (Å²) in [5.74, 6) is 0. The van der Waals surface area contributed by atoms with E-state index in [1.165, 1.54) is 10.4 Å². The molecule has 2 heterocycles. The molecule has 2 rings (SSSR count). The fourth-order valence-electron chi connectivity index (χ4n) is 1.40. The first-order chi connectivity index (χ1) is 7.36. The van der Waals surface area contributed by atoms with Gasteiger partial charge in [-0.15, -0.1) is 22.7 Å². The fourth-order valence-corrected chi connectivity index (χ4v) is 2.87. The molecule has 2 aromatic rings. The van der Waals surface area contributed by atoms with Crippen molar-refractivity contribution in [1.82, 2.24) is 10.3 Å². The molecule has 0 atom stereocenters. The summed E-state index contributed by atoms with van der Waals surface area (Å²) in [5.41, 5.74) is 4.43. The lowest BCUT2D eigenvalue weighted by Gasteiger charge is -2.02. The van der Waals surface area contributed by atoms with Crippen molar-refractivity contribution in [2.75, 3.05) is 6.54 Å². The number of aromatic nitrogens is 1. The topological polar surface area (TPSA) is 24.9 Å². The largest absolute Gasteiger partial charge is 0.311 e. The van der Waals surface area contributed by atoms with E-state index in [0.717, 1.165) is 25.2 Å². The van der Waals surface area contributed by atoms with Crippen LogP contribution in [0.25, 0.3) is 0 Å². The number of hydrogen-bond donors (Lipinski definition) is 1. The van der Waals surface area contributed by atoms with Crippen LogP contribution in [0.3, 0.4) is 0 Å². The van der Waals surface area contributed by atoms with E-state index in [9.17, 15) is 0 Å². The van der Waals surface area contributed by atoms with Crippen molar-refractivity contribution in [3.8, 4) is 0 Å². The summed E-state index contributed by atoms with van der Waals surface area (Å²) < 4.78 is 0. The molecule has 15 heavy (non-hydrogen) atoms. The van der Waals surface area contributed by atoms with Crippen molar-refractivity contribution in [3.63, 3.8) is 0 Å². The number of nitrogens with zero attached hydrogens (tertiary/aromatic N) is 1.